The van der Waals surface area contributed by atoms with Gasteiger partial charge in [-0.05, 0) is 32.4 Å². The van der Waals surface area contributed by atoms with Gasteiger partial charge in [0.25, 0.3) is 5.91 Å². The van der Waals surface area contributed by atoms with Gasteiger partial charge < -0.3 is 14.8 Å². The lowest BCUT2D eigenvalue weighted by Crippen LogP contribution is -2.50. The lowest BCUT2D eigenvalue weighted by Gasteiger charge is -2.23. The van der Waals surface area contributed by atoms with E-state index in [4.69, 9.17) is 9.47 Å². The predicted octanol–water partition coefficient (Wildman–Crippen LogP) is 2.30. The van der Waals surface area contributed by atoms with Gasteiger partial charge in [0, 0.05) is 12.1 Å². The molecular weight excluding hydrogens is 374 g/mol. The zero-order valence-electron chi connectivity index (χ0n) is 15.4. The van der Waals surface area contributed by atoms with Crippen LogP contribution < -0.4 is 10.2 Å². The zero-order chi connectivity index (χ0) is 20.5. The third kappa shape index (κ3) is 3.97. The van der Waals surface area contributed by atoms with Crippen molar-refractivity contribution in [1.29, 1.82) is 0 Å². The van der Waals surface area contributed by atoms with Crippen molar-refractivity contribution in [3.63, 3.8) is 0 Å². The first-order chi connectivity index (χ1) is 13.2. The maximum Gasteiger partial charge on any atom is 0.415 e. The van der Waals surface area contributed by atoms with E-state index in [1.54, 1.807) is 19.1 Å². The molecule has 1 saturated heterocycles. The van der Waals surface area contributed by atoms with Crippen LogP contribution in [0.3, 0.4) is 0 Å². The molecule has 1 unspecified atom stereocenters. The molecule has 1 N–H and O–H groups in total. The molecule has 9 heteroatoms. The van der Waals surface area contributed by atoms with Gasteiger partial charge in [-0.15, -0.1) is 0 Å². The minimum Gasteiger partial charge on any atom is -0.466 e. The minimum atomic E-state index is -1.55. The van der Waals surface area contributed by atoms with Gasteiger partial charge in [0.1, 0.15) is 11.6 Å². The molecule has 3 atom stereocenters. The molecule has 0 saturated carbocycles. The quantitative estimate of drug-likeness (QED) is 0.612. The van der Waals surface area contributed by atoms with Crippen LogP contribution in [0.25, 0.3) is 0 Å². The van der Waals surface area contributed by atoms with Crippen molar-refractivity contribution in [1.82, 2.24) is 5.32 Å². The summed E-state index contributed by atoms with van der Waals surface area (Å²) in [6, 6.07) is 2.23. The van der Waals surface area contributed by atoms with Crippen LogP contribution in [0.5, 0.6) is 0 Å². The Balaban J connectivity index is 1.65. The molecular formula is C19H20F2N2O5. The Morgan fingerprint density at radius 1 is 1.29 bits per heavy atom. The van der Waals surface area contributed by atoms with E-state index in [9.17, 15) is 23.2 Å². The molecule has 0 bridgehead atoms. The number of hydrogen-bond donors (Lipinski definition) is 1. The molecule has 0 aromatic heterocycles. The first kappa shape index (κ1) is 19.8. The van der Waals surface area contributed by atoms with Gasteiger partial charge in [0.2, 0.25) is 5.60 Å². The third-order valence-electron chi connectivity index (χ3n) is 4.62. The van der Waals surface area contributed by atoms with Crippen molar-refractivity contribution >= 4 is 23.7 Å². The van der Waals surface area contributed by atoms with Crippen LogP contribution in [0.2, 0.25) is 0 Å². The number of anilines is 1. The molecule has 1 fully saturated rings. The van der Waals surface area contributed by atoms with E-state index in [0.29, 0.717) is 12.5 Å². The molecule has 2 aliphatic rings. The number of nitrogens with one attached hydrogen (secondary N) is 1. The van der Waals surface area contributed by atoms with Crippen LogP contribution in [0.4, 0.5) is 19.3 Å². The Morgan fingerprint density at radius 2 is 1.96 bits per heavy atom. The SMILES string of the molecule is CCOC(=O)[C@@H]1C=C[C@H](NC(=O)C2(C)CN(c3cc(F)cc(F)c3)C(=O)O2)C1. The summed E-state index contributed by atoms with van der Waals surface area (Å²) in [7, 11) is 0. The number of carbonyl (C=O) groups is 3. The van der Waals surface area contributed by atoms with Crippen molar-refractivity contribution in [2.45, 2.75) is 31.9 Å². The second-order valence-electron chi connectivity index (χ2n) is 6.87. The molecule has 2 amide bonds. The number of esters is 1. The van der Waals surface area contributed by atoms with Crippen LogP contribution in [-0.2, 0) is 19.1 Å². The van der Waals surface area contributed by atoms with Gasteiger partial charge >= 0.3 is 12.1 Å². The van der Waals surface area contributed by atoms with E-state index in [2.05, 4.69) is 5.32 Å². The highest BCUT2D eigenvalue weighted by molar-refractivity contribution is 5.98. The number of hydrogen-bond acceptors (Lipinski definition) is 5. The van der Waals surface area contributed by atoms with Crippen LogP contribution in [0.15, 0.2) is 30.4 Å². The third-order valence-corrected chi connectivity index (χ3v) is 4.62. The Morgan fingerprint density at radius 3 is 2.61 bits per heavy atom. The van der Waals surface area contributed by atoms with E-state index in [1.165, 1.54) is 6.92 Å². The fourth-order valence-electron chi connectivity index (χ4n) is 3.21. The summed E-state index contributed by atoms with van der Waals surface area (Å²) in [5, 5.41) is 2.72. The summed E-state index contributed by atoms with van der Waals surface area (Å²) in [4.78, 5) is 37.6. The molecule has 28 heavy (non-hydrogen) atoms. The number of amides is 2. The lowest BCUT2D eigenvalue weighted by molar-refractivity contribution is -0.146. The van der Waals surface area contributed by atoms with Crippen molar-refractivity contribution in [3.05, 3.63) is 42.0 Å². The number of carbonyl (C=O) groups excluding carboxylic acids is 3. The van der Waals surface area contributed by atoms with Crippen LogP contribution in [0.1, 0.15) is 20.3 Å². The summed E-state index contributed by atoms with van der Waals surface area (Å²) < 4.78 is 37.0. The summed E-state index contributed by atoms with van der Waals surface area (Å²) >= 11 is 0. The zero-order valence-corrected chi connectivity index (χ0v) is 15.4. The second kappa shape index (κ2) is 7.57. The van der Waals surface area contributed by atoms with E-state index >= 15 is 0 Å². The molecule has 0 radical (unpaired) electrons. The van der Waals surface area contributed by atoms with Gasteiger partial charge in [-0.25, -0.2) is 13.6 Å². The first-order valence-corrected chi connectivity index (χ1v) is 8.84. The molecule has 3 rings (SSSR count). The second-order valence-corrected chi connectivity index (χ2v) is 6.87. The standard InChI is InChI=1S/C19H20F2N2O5/c1-3-27-16(24)11-4-5-14(6-11)22-17(25)19(2)10-23(18(26)28-19)15-8-12(20)7-13(21)9-15/h4-5,7-9,11,14H,3,6,10H2,1-2H3,(H,22,25)/t11-,14+,19?/m1/s1. The molecule has 1 aliphatic carbocycles. The normalized spacial score (nSPS) is 26.3. The van der Waals surface area contributed by atoms with Crippen LogP contribution in [0, 0.1) is 17.6 Å². The number of ether oxygens (including phenoxy) is 2. The monoisotopic (exact) mass is 394 g/mol. The average molecular weight is 394 g/mol. The number of halogens is 2. The maximum absolute atomic E-state index is 13.4. The summed E-state index contributed by atoms with van der Waals surface area (Å²) in [5.41, 5.74) is -1.59. The highest BCUT2D eigenvalue weighted by atomic mass is 19.1. The predicted molar refractivity (Wildman–Crippen MR) is 94.4 cm³/mol. The Bertz CT molecular complexity index is 823. The average Bonchev–Trinajstić information content (AvgIpc) is 3.19. The van der Waals surface area contributed by atoms with Crippen molar-refractivity contribution in [3.8, 4) is 0 Å². The largest absolute Gasteiger partial charge is 0.466 e. The number of rotatable bonds is 5. The molecule has 150 valence electrons. The van der Waals surface area contributed by atoms with E-state index in [0.717, 1.165) is 17.0 Å². The van der Waals surface area contributed by atoms with Crippen LogP contribution in [-0.4, -0.2) is 42.8 Å². The lowest BCUT2D eigenvalue weighted by atomic mass is 10.0. The van der Waals surface area contributed by atoms with Gasteiger partial charge in [0.15, 0.2) is 0 Å². The highest BCUT2D eigenvalue weighted by Crippen LogP contribution is 2.30. The van der Waals surface area contributed by atoms with Gasteiger partial charge in [-0.1, -0.05) is 12.2 Å². The topological polar surface area (TPSA) is 84.9 Å². The van der Waals surface area contributed by atoms with Gasteiger partial charge in [0.05, 0.1) is 24.8 Å². The number of benzene rings is 1. The highest BCUT2D eigenvalue weighted by Gasteiger charge is 2.48. The van der Waals surface area contributed by atoms with E-state index in [-0.39, 0.29) is 24.8 Å². The Kier molecular flexibility index (Phi) is 5.35. The number of cyclic esters (lactones) is 1. The number of nitrogens with zero attached hydrogens (tertiary/aromatic N) is 1. The summed E-state index contributed by atoms with van der Waals surface area (Å²) in [6.45, 7) is 3.18. The molecule has 1 heterocycles. The van der Waals surface area contributed by atoms with Gasteiger partial charge in [-0.2, -0.15) is 0 Å². The fourth-order valence-corrected chi connectivity index (χ4v) is 3.21. The molecule has 7 nitrogen and oxygen atoms in total. The molecule has 1 aromatic rings. The van der Waals surface area contributed by atoms with Crippen molar-refractivity contribution in [2.75, 3.05) is 18.1 Å². The van der Waals surface area contributed by atoms with Crippen molar-refractivity contribution < 1.29 is 32.6 Å². The first-order valence-electron chi connectivity index (χ1n) is 8.84. The van der Waals surface area contributed by atoms with Crippen molar-refractivity contribution in [2.24, 2.45) is 5.92 Å². The molecule has 0 spiro atoms. The summed E-state index contributed by atoms with van der Waals surface area (Å²) in [6.07, 6.45) is 2.80. The Labute approximate surface area is 160 Å². The fraction of sp³-hybridized carbons (Fsp3) is 0.421. The summed E-state index contributed by atoms with van der Waals surface area (Å²) in [5.74, 6) is -3.08. The van der Waals surface area contributed by atoms with Gasteiger partial charge in [-0.3, -0.25) is 14.5 Å². The molecule has 1 aliphatic heterocycles. The van der Waals surface area contributed by atoms with Crippen LogP contribution >= 0.6 is 0 Å². The van der Waals surface area contributed by atoms with E-state index < -0.39 is 41.2 Å². The van der Waals surface area contributed by atoms with E-state index in [1.807, 2.05) is 0 Å². The minimum absolute atomic E-state index is 0.0397. The molecule has 1 aromatic carbocycles. The smallest absolute Gasteiger partial charge is 0.415 e. The maximum atomic E-state index is 13.4. The Hall–Kier alpha value is -2.97.